The van der Waals surface area contributed by atoms with E-state index in [0.29, 0.717) is 0 Å². The number of nitrogens with one attached hydrogen (secondary N) is 1. The molecule has 0 spiro atoms. The molecule has 0 atom stereocenters. The summed E-state index contributed by atoms with van der Waals surface area (Å²) >= 11 is 0. The van der Waals surface area contributed by atoms with Gasteiger partial charge in [-0.3, -0.25) is 0 Å². The number of hydrogen-bond acceptors (Lipinski definition) is 4. The van der Waals surface area contributed by atoms with Gasteiger partial charge in [-0.15, -0.1) is 0 Å². The maximum Gasteiger partial charge on any atom is 0.155 e. The molecule has 0 saturated carbocycles. The molecule has 1 aliphatic heterocycles. The van der Waals surface area contributed by atoms with E-state index in [2.05, 4.69) is 34.3 Å². The topological polar surface area (TPSA) is 54.2 Å². The number of anilines is 4. The van der Waals surface area contributed by atoms with Crippen molar-refractivity contribution in [1.29, 1.82) is 0 Å². The maximum absolute atomic E-state index is 6.33. The van der Waals surface area contributed by atoms with Crippen LogP contribution < -0.4 is 16.0 Å². The number of nitrogens with zero attached hydrogens (tertiary/aromatic N) is 2. The second-order valence-electron chi connectivity index (χ2n) is 5.63. The van der Waals surface area contributed by atoms with Gasteiger partial charge in [-0.25, -0.2) is 4.98 Å². The van der Waals surface area contributed by atoms with E-state index in [9.17, 15) is 0 Å². The molecule has 1 aromatic heterocycles. The number of pyridine rings is 1. The third-order valence-electron chi connectivity index (χ3n) is 3.98. The highest BCUT2D eigenvalue weighted by Gasteiger charge is 2.15. The summed E-state index contributed by atoms with van der Waals surface area (Å²) in [7, 11) is 0. The van der Waals surface area contributed by atoms with Crippen LogP contribution in [0, 0.1) is 6.92 Å². The van der Waals surface area contributed by atoms with Crippen molar-refractivity contribution in [3.63, 3.8) is 0 Å². The summed E-state index contributed by atoms with van der Waals surface area (Å²) in [5, 5.41) is 3.32. The van der Waals surface area contributed by atoms with Crippen molar-refractivity contribution in [2.75, 3.05) is 29.0 Å². The van der Waals surface area contributed by atoms with Gasteiger partial charge in [-0.05, 0) is 44.4 Å². The van der Waals surface area contributed by atoms with Crippen molar-refractivity contribution < 1.29 is 0 Å². The van der Waals surface area contributed by atoms with Crippen LogP contribution in [-0.2, 0) is 0 Å². The number of aromatic nitrogens is 1. The van der Waals surface area contributed by atoms with E-state index in [1.165, 1.54) is 24.8 Å². The number of benzene rings is 1. The fourth-order valence-corrected chi connectivity index (χ4v) is 2.75. The Morgan fingerprint density at radius 1 is 1.05 bits per heavy atom. The first-order valence-corrected chi connectivity index (χ1v) is 7.57. The van der Waals surface area contributed by atoms with Crippen molar-refractivity contribution in [3.8, 4) is 0 Å². The molecule has 2 aromatic rings. The number of nitrogen functional groups attached to an aromatic ring is 1. The van der Waals surface area contributed by atoms with E-state index in [-0.39, 0.29) is 0 Å². The van der Waals surface area contributed by atoms with Gasteiger partial charge in [0.2, 0.25) is 0 Å². The molecule has 3 rings (SSSR count). The van der Waals surface area contributed by atoms with Gasteiger partial charge in [0.05, 0.1) is 11.4 Å². The smallest absolute Gasteiger partial charge is 0.155 e. The van der Waals surface area contributed by atoms with Crippen LogP contribution in [0.15, 0.2) is 36.5 Å². The molecule has 2 heterocycles. The molecule has 0 aliphatic carbocycles. The quantitative estimate of drug-likeness (QED) is 0.901. The normalized spacial score (nSPS) is 15.0. The van der Waals surface area contributed by atoms with Crippen molar-refractivity contribution in [3.05, 3.63) is 42.1 Å². The Hall–Kier alpha value is -2.23. The SMILES string of the molecule is Cc1ccc(Nc2nccc(N3CCCCC3)c2N)cc1. The first-order chi connectivity index (χ1) is 10.2. The molecule has 1 fully saturated rings. The second-order valence-corrected chi connectivity index (χ2v) is 5.63. The molecule has 21 heavy (non-hydrogen) atoms. The van der Waals surface area contributed by atoms with Crippen LogP contribution in [0.5, 0.6) is 0 Å². The first-order valence-electron chi connectivity index (χ1n) is 7.57. The van der Waals surface area contributed by atoms with E-state index in [0.717, 1.165) is 36.0 Å². The third kappa shape index (κ3) is 3.10. The van der Waals surface area contributed by atoms with Crippen molar-refractivity contribution >= 4 is 22.9 Å². The summed E-state index contributed by atoms with van der Waals surface area (Å²) in [6, 6.07) is 10.3. The summed E-state index contributed by atoms with van der Waals surface area (Å²) < 4.78 is 0. The number of rotatable bonds is 3. The van der Waals surface area contributed by atoms with E-state index < -0.39 is 0 Å². The van der Waals surface area contributed by atoms with Gasteiger partial charge in [0.15, 0.2) is 5.82 Å². The number of nitrogens with two attached hydrogens (primary N) is 1. The Labute approximate surface area is 126 Å². The Morgan fingerprint density at radius 3 is 2.48 bits per heavy atom. The van der Waals surface area contributed by atoms with E-state index in [4.69, 9.17) is 5.73 Å². The zero-order valence-corrected chi connectivity index (χ0v) is 12.5. The summed E-state index contributed by atoms with van der Waals surface area (Å²) in [5.74, 6) is 0.738. The molecule has 1 saturated heterocycles. The Bertz CT molecular complexity index is 601. The second kappa shape index (κ2) is 6.04. The van der Waals surface area contributed by atoms with Crippen LogP contribution in [0.1, 0.15) is 24.8 Å². The molecule has 1 aromatic carbocycles. The molecule has 0 amide bonds. The minimum absolute atomic E-state index is 0.736. The van der Waals surface area contributed by atoms with Crippen LogP contribution in [0.3, 0.4) is 0 Å². The zero-order valence-electron chi connectivity index (χ0n) is 12.5. The molecule has 0 unspecified atom stereocenters. The molecule has 4 nitrogen and oxygen atoms in total. The molecule has 1 aliphatic rings. The number of aryl methyl sites for hydroxylation is 1. The molecule has 4 heteroatoms. The highest BCUT2D eigenvalue weighted by atomic mass is 15.2. The van der Waals surface area contributed by atoms with Gasteiger partial charge in [-0.1, -0.05) is 17.7 Å². The van der Waals surface area contributed by atoms with Gasteiger partial charge in [0.25, 0.3) is 0 Å². The molecule has 0 bridgehead atoms. The standard InChI is InChI=1S/C17H22N4/c1-13-5-7-14(8-6-13)20-17-16(18)15(9-10-19-17)21-11-3-2-4-12-21/h5-10H,2-4,11-12,18H2,1H3,(H,19,20). The largest absolute Gasteiger partial charge is 0.394 e. The monoisotopic (exact) mass is 282 g/mol. The van der Waals surface area contributed by atoms with Crippen LogP contribution in [-0.4, -0.2) is 18.1 Å². The van der Waals surface area contributed by atoms with Gasteiger partial charge in [-0.2, -0.15) is 0 Å². The lowest BCUT2D eigenvalue weighted by molar-refractivity contribution is 0.578. The molecule has 3 N–H and O–H groups in total. The van der Waals surface area contributed by atoms with Gasteiger partial charge in [0, 0.05) is 25.0 Å². The third-order valence-corrected chi connectivity index (χ3v) is 3.98. The van der Waals surface area contributed by atoms with Gasteiger partial charge in [0.1, 0.15) is 0 Å². The number of hydrogen-bond donors (Lipinski definition) is 2. The Morgan fingerprint density at radius 2 is 1.76 bits per heavy atom. The van der Waals surface area contributed by atoms with E-state index >= 15 is 0 Å². The first kappa shape index (κ1) is 13.7. The molecular weight excluding hydrogens is 260 g/mol. The van der Waals surface area contributed by atoms with Crippen molar-refractivity contribution in [2.45, 2.75) is 26.2 Å². The van der Waals surface area contributed by atoms with Crippen molar-refractivity contribution in [2.24, 2.45) is 0 Å². The Balaban J connectivity index is 1.84. The predicted octanol–water partition coefficient (Wildman–Crippen LogP) is 3.71. The van der Waals surface area contributed by atoms with Crippen LogP contribution in [0.4, 0.5) is 22.9 Å². The minimum Gasteiger partial charge on any atom is -0.394 e. The number of piperidine rings is 1. The van der Waals surface area contributed by atoms with E-state index in [1.807, 2.05) is 24.4 Å². The maximum atomic E-state index is 6.33. The molecule has 0 radical (unpaired) electrons. The lowest BCUT2D eigenvalue weighted by Crippen LogP contribution is -2.30. The van der Waals surface area contributed by atoms with Crippen LogP contribution in [0.2, 0.25) is 0 Å². The predicted molar refractivity (Wildman–Crippen MR) is 89.2 cm³/mol. The highest BCUT2D eigenvalue weighted by Crippen LogP contribution is 2.32. The lowest BCUT2D eigenvalue weighted by Gasteiger charge is -2.30. The fourth-order valence-electron chi connectivity index (χ4n) is 2.75. The van der Waals surface area contributed by atoms with E-state index in [1.54, 1.807) is 0 Å². The van der Waals surface area contributed by atoms with Gasteiger partial charge >= 0.3 is 0 Å². The summed E-state index contributed by atoms with van der Waals surface area (Å²) in [4.78, 5) is 6.75. The summed E-state index contributed by atoms with van der Waals surface area (Å²) in [6.45, 7) is 4.24. The minimum atomic E-state index is 0.736. The fraction of sp³-hybridized carbons (Fsp3) is 0.353. The summed E-state index contributed by atoms with van der Waals surface area (Å²) in [6.07, 6.45) is 5.62. The lowest BCUT2D eigenvalue weighted by atomic mass is 10.1. The molecular formula is C17H22N4. The van der Waals surface area contributed by atoms with Crippen LogP contribution in [0.25, 0.3) is 0 Å². The van der Waals surface area contributed by atoms with Crippen LogP contribution >= 0.6 is 0 Å². The summed E-state index contributed by atoms with van der Waals surface area (Å²) in [5.41, 5.74) is 10.4. The molecule has 110 valence electrons. The highest BCUT2D eigenvalue weighted by molar-refractivity contribution is 5.80. The average Bonchev–Trinajstić information content (AvgIpc) is 2.52. The Kier molecular flexibility index (Phi) is 3.95. The average molecular weight is 282 g/mol. The van der Waals surface area contributed by atoms with Crippen molar-refractivity contribution in [1.82, 2.24) is 4.98 Å². The zero-order chi connectivity index (χ0) is 14.7. The van der Waals surface area contributed by atoms with Gasteiger partial charge < -0.3 is 16.0 Å².